The highest BCUT2D eigenvalue weighted by Gasteiger charge is 2.13. The quantitative estimate of drug-likeness (QED) is 0.810. The molecule has 86 valence electrons. The lowest BCUT2D eigenvalue weighted by molar-refractivity contribution is 0.427. The first kappa shape index (κ1) is 12.1. The molecule has 1 unspecified atom stereocenters. The molecule has 0 spiro atoms. The first-order chi connectivity index (χ1) is 7.13. The smallest absolute Gasteiger partial charge is 0.0854 e. The summed E-state index contributed by atoms with van der Waals surface area (Å²) >= 11 is 0. The molecule has 0 bridgehead atoms. The average molecular weight is 209 g/mol. The van der Waals surface area contributed by atoms with Crippen molar-refractivity contribution in [3.05, 3.63) is 11.4 Å². The van der Waals surface area contributed by atoms with Gasteiger partial charge in [0, 0.05) is 6.54 Å². The maximum absolute atomic E-state index is 6.06. The van der Waals surface area contributed by atoms with Gasteiger partial charge in [-0.15, -0.1) is 0 Å². The van der Waals surface area contributed by atoms with Crippen molar-refractivity contribution in [1.29, 1.82) is 0 Å². The zero-order valence-electron chi connectivity index (χ0n) is 10.4. The number of rotatable bonds is 5. The van der Waals surface area contributed by atoms with E-state index < -0.39 is 0 Å². The second-order valence-electron chi connectivity index (χ2n) is 4.21. The molecule has 3 nitrogen and oxygen atoms in total. The second kappa shape index (κ2) is 5.19. The maximum Gasteiger partial charge on any atom is 0.0854 e. The van der Waals surface area contributed by atoms with E-state index in [0.717, 1.165) is 30.8 Å². The van der Waals surface area contributed by atoms with E-state index in [1.807, 2.05) is 0 Å². The minimum absolute atomic E-state index is 0.666. The summed E-state index contributed by atoms with van der Waals surface area (Å²) in [7, 11) is 0. The van der Waals surface area contributed by atoms with Gasteiger partial charge < -0.3 is 5.73 Å². The highest BCUT2D eigenvalue weighted by molar-refractivity contribution is 5.48. The molecule has 0 amide bonds. The zero-order valence-corrected chi connectivity index (χ0v) is 10.4. The number of nitrogen functional groups attached to an aromatic ring is 1. The van der Waals surface area contributed by atoms with Crippen LogP contribution >= 0.6 is 0 Å². The molecule has 1 rings (SSSR count). The molecule has 0 saturated heterocycles. The zero-order chi connectivity index (χ0) is 11.4. The second-order valence-corrected chi connectivity index (χ2v) is 4.21. The van der Waals surface area contributed by atoms with E-state index in [0.29, 0.717) is 5.92 Å². The molecular weight excluding hydrogens is 186 g/mol. The van der Waals surface area contributed by atoms with Crippen LogP contribution in [-0.4, -0.2) is 9.78 Å². The van der Waals surface area contributed by atoms with E-state index in [2.05, 4.69) is 37.5 Å². The standard InChI is InChI=1S/C12H23N3/c1-5-9(4)8-15-11(7-3)12(13)10(6-2)14-15/h9H,5-8,13H2,1-4H3. The van der Waals surface area contributed by atoms with Crippen molar-refractivity contribution in [3.63, 3.8) is 0 Å². The lowest BCUT2D eigenvalue weighted by Gasteiger charge is -2.11. The van der Waals surface area contributed by atoms with Crippen LogP contribution in [0.1, 0.15) is 45.5 Å². The van der Waals surface area contributed by atoms with Gasteiger partial charge in [-0.25, -0.2) is 0 Å². The summed E-state index contributed by atoms with van der Waals surface area (Å²) in [5, 5.41) is 4.58. The number of aryl methyl sites for hydroxylation is 1. The number of hydrogen-bond acceptors (Lipinski definition) is 2. The van der Waals surface area contributed by atoms with Gasteiger partial charge in [-0.3, -0.25) is 4.68 Å². The Morgan fingerprint density at radius 2 is 1.93 bits per heavy atom. The summed E-state index contributed by atoms with van der Waals surface area (Å²) in [6.07, 6.45) is 3.08. The topological polar surface area (TPSA) is 43.8 Å². The van der Waals surface area contributed by atoms with E-state index >= 15 is 0 Å². The average Bonchev–Trinajstić information content (AvgIpc) is 2.54. The van der Waals surface area contributed by atoms with Gasteiger partial charge in [0.15, 0.2) is 0 Å². The van der Waals surface area contributed by atoms with Gasteiger partial charge in [0.2, 0.25) is 0 Å². The predicted molar refractivity (Wildman–Crippen MR) is 64.9 cm³/mol. The largest absolute Gasteiger partial charge is 0.396 e. The predicted octanol–water partition coefficient (Wildman–Crippen LogP) is 2.64. The van der Waals surface area contributed by atoms with Gasteiger partial charge in [-0.1, -0.05) is 34.1 Å². The molecule has 1 aromatic rings. The van der Waals surface area contributed by atoms with Crippen LogP contribution in [-0.2, 0) is 19.4 Å². The van der Waals surface area contributed by atoms with Crippen molar-refractivity contribution >= 4 is 5.69 Å². The fraction of sp³-hybridized carbons (Fsp3) is 0.750. The minimum Gasteiger partial charge on any atom is -0.396 e. The molecule has 0 aliphatic heterocycles. The third-order valence-electron chi connectivity index (χ3n) is 3.03. The Bertz CT molecular complexity index is 315. The Hall–Kier alpha value is -0.990. The van der Waals surface area contributed by atoms with Gasteiger partial charge in [0.1, 0.15) is 0 Å². The molecular formula is C12H23N3. The van der Waals surface area contributed by atoms with Crippen LogP contribution in [0.3, 0.4) is 0 Å². The number of nitrogens with zero attached hydrogens (tertiary/aromatic N) is 2. The molecule has 0 saturated carbocycles. The molecule has 1 aromatic heterocycles. The summed E-state index contributed by atoms with van der Waals surface area (Å²) < 4.78 is 2.10. The van der Waals surface area contributed by atoms with Crippen LogP contribution < -0.4 is 5.73 Å². The van der Waals surface area contributed by atoms with Crippen LogP contribution in [0, 0.1) is 5.92 Å². The van der Waals surface area contributed by atoms with E-state index in [9.17, 15) is 0 Å². The summed E-state index contributed by atoms with van der Waals surface area (Å²) in [5.74, 6) is 0.666. The molecule has 0 radical (unpaired) electrons. The SMILES string of the molecule is CCc1nn(CC(C)CC)c(CC)c1N. The van der Waals surface area contributed by atoms with Crippen molar-refractivity contribution in [2.45, 2.75) is 53.5 Å². The lowest BCUT2D eigenvalue weighted by atomic mass is 10.1. The number of nitrogens with two attached hydrogens (primary N) is 1. The van der Waals surface area contributed by atoms with Crippen molar-refractivity contribution in [2.24, 2.45) is 5.92 Å². The van der Waals surface area contributed by atoms with Crippen molar-refractivity contribution in [3.8, 4) is 0 Å². The molecule has 1 heterocycles. The first-order valence-corrected chi connectivity index (χ1v) is 5.97. The van der Waals surface area contributed by atoms with Gasteiger partial charge in [-0.05, 0) is 18.8 Å². The molecule has 0 fully saturated rings. The van der Waals surface area contributed by atoms with Crippen LogP contribution in [0.2, 0.25) is 0 Å². The van der Waals surface area contributed by atoms with Gasteiger partial charge in [0.05, 0.1) is 17.1 Å². The molecule has 0 aliphatic carbocycles. The summed E-state index contributed by atoms with van der Waals surface area (Å²) in [5.41, 5.74) is 9.22. The molecule has 0 aliphatic rings. The normalized spacial score (nSPS) is 13.1. The Morgan fingerprint density at radius 3 is 2.40 bits per heavy atom. The number of aromatic nitrogens is 2. The van der Waals surface area contributed by atoms with E-state index in [4.69, 9.17) is 5.73 Å². The Labute approximate surface area is 92.7 Å². The van der Waals surface area contributed by atoms with Crippen molar-refractivity contribution < 1.29 is 0 Å². The number of anilines is 1. The highest BCUT2D eigenvalue weighted by Crippen LogP contribution is 2.20. The molecule has 0 aromatic carbocycles. The Kier molecular flexibility index (Phi) is 4.18. The third kappa shape index (κ3) is 2.52. The third-order valence-corrected chi connectivity index (χ3v) is 3.03. The van der Waals surface area contributed by atoms with Crippen molar-refractivity contribution in [2.75, 3.05) is 5.73 Å². The minimum atomic E-state index is 0.666. The molecule has 1 atom stereocenters. The first-order valence-electron chi connectivity index (χ1n) is 5.97. The fourth-order valence-corrected chi connectivity index (χ4v) is 1.77. The molecule has 3 heteroatoms. The summed E-state index contributed by atoms with van der Waals surface area (Å²) in [6.45, 7) is 9.70. The van der Waals surface area contributed by atoms with E-state index in [-0.39, 0.29) is 0 Å². The van der Waals surface area contributed by atoms with Crippen LogP contribution in [0.25, 0.3) is 0 Å². The summed E-state index contributed by atoms with van der Waals surface area (Å²) in [6, 6.07) is 0. The van der Waals surface area contributed by atoms with E-state index in [1.165, 1.54) is 12.1 Å². The van der Waals surface area contributed by atoms with Gasteiger partial charge in [-0.2, -0.15) is 5.10 Å². The fourth-order valence-electron chi connectivity index (χ4n) is 1.77. The highest BCUT2D eigenvalue weighted by atomic mass is 15.3. The lowest BCUT2D eigenvalue weighted by Crippen LogP contribution is -2.11. The maximum atomic E-state index is 6.06. The van der Waals surface area contributed by atoms with Crippen LogP contribution in [0.5, 0.6) is 0 Å². The van der Waals surface area contributed by atoms with Crippen LogP contribution in [0.15, 0.2) is 0 Å². The van der Waals surface area contributed by atoms with Gasteiger partial charge >= 0.3 is 0 Å². The Morgan fingerprint density at radius 1 is 1.27 bits per heavy atom. The van der Waals surface area contributed by atoms with Gasteiger partial charge in [0.25, 0.3) is 0 Å². The molecule has 15 heavy (non-hydrogen) atoms. The van der Waals surface area contributed by atoms with Crippen LogP contribution in [0.4, 0.5) is 5.69 Å². The summed E-state index contributed by atoms with van der Waals surface area (Å²) in [4.78, 5) is 0. The monoisotopic (exact) mass is 209 g/mol. The number of hydrogen-bond donors (Lipinski definition) is 1. The van der Waals surface area contributed by atoms with Crippen molar-refractivity contribution in [1.82, 2.24) is 9.78 Å². The molecule has 2 N–H and O–H groups in total. The Balaban J connectivity index is 2.95. The van der Waals surface area contributed by atoms with E-state index in [1.54, 1.807) is 0 Å².